The molecule has 31 heavy (non-hydrogen) atoms. The molecule has 0 saturated carbocycles. The second-order valence-electron chi connectivity index (χ2n) is 7.76. The Balaban J connectivity index is 1.54. The van der Waals surface area contributed by atoms with Crippen LogP contribution in [0.1, 0.15) is 42.9 Å². The first-order chi connectivity index (χ1) is 15.1. The highest BCUT2D eigenvalue weighted by atomic mass is 32.1. The number of anilines is 1. The van der Waals surface area contributed by atoms with E-state index in [2.05, 4.69) is 15.6 Å². The van der Waals surface area contributed by atoms with Crippen molar-refractivity contribution < 1.29 is 14.0 Å². The summed E-state index contributed by atoms with van der Waals surface area (Å²) in [7, 11) is 0. The number of pyridine rings is 1. The van der Waals surface area contributed by atoms with Gasteiger partial charge in [-0.1, -0.05) is 6.07 Å². The van der Waals surface area contributed by atoms with Gasteiger partial charge in [0, 0.05) is 47.0 Å². The Labute approximate surface area is 183 Å². The van der Waals surface area contributed by atoms with E-state index in [0.29, 0.717) is 29.8 Å². The second-order valence-corrected chi connectivity index (χ2v) is 8.54. The summed E-state index contributed by atoms with van der Waals surface area (Å²) < 4.78 is 5.57. The molecule has 2 aliphatic rings. The molecule has 1 aliphatic heterocycles. The number of ketones is 1. The predicted molar refractivity (Wildman–Crippen MR) is 118 cm³/mol. The summed E-state index contributed by atoms with van der Waals surface area (Å²) in [4.78, 5) is 30.9. The van der Waals surface area contributed by atoms with Gasteiger partial charge in [-0.3, -0.25) is 9.59 Å². The van der Waals surface area contributed by atoms with E-state index in [0.717, 1.165) is 22.7 Å². The molecule has 0 saturated heterocycles. The molecule has 0 fully saturated rings. The lowest BCUT2D eigenvalue weighted by molar-refractivity contribution is -0.116. The van der Waals surface area contributed by atoms with Crippen molar-refractivity contribution in [2.24, 2.45) is 0 Å². The number of rotatable bonds is 4. The summed E-state index contributed by atoms with van der Waals surface area (Å²) in [6, 6.07) is 11.1. The van der Waals surface area contributed by atoms with Crippen molar-refractivity contribution in [1.82, 2.24) is 10.3 Å². The van der Waals surface area contributed by atoms with Crippen LogP contribution >= 0.6 is 11.3 Å². The third kappa shape index (κ3) is 3.61. The van der Waals surface area contributed by atoms with Gasteiger partial charge in [-0.05, 0) is 60.0 Å². The molecule has 1 aliphatic carbocycles. The van der Waals surface area contributed by atoms with Crippen molar-refractivity contribution >= 4 is 28.8 Å². The summed E-state index contributed by atoms with van der Waals surface area (Å²) in [5.74, 6) is 0.665. The Hall–Kier alpha value is -3.45. The lowest BCUT2D eigenvalue weighted by Gasteiger charge is -2.36. The molecule has 3 aromatic heterocycles. The number of hydrogen-bond donors (Lipinski definition) is 2. The summed E-state index contributed by atoms with van der Waals surface area (Å²) in [5, 5.41) is 10.2. The van der Waals surface area contributed by atoms with Crippen LogP contribution in [0.2, 0.25) is 0 Å². The van der Waals surface area contributed by atoms with Crippen molar-refractivity contribution in [3.63, 3.8) is 0 Å². The quantitative estimate of drug-likeness (QED) is 0.624. The topological polar surface area (TPSA) is 84.2 Å². The Morgan fingerprint density at radius 2 is 2.13 bits per heavy atom. The zero-order valence-electron chi connectivity index (χ0n) is 16.9. The molecular weight excluding hydrogens is 410 g/mol. The maximum Gasteiger partial charge on any atom is 0.255 e. The lowest BCUT2D eigenvalue weighted by Crippen LogP contribution is -2.37. The number of furan rings is 1. The van der Waals surface area contributed by atoms with Gasteiger partial charge in [0.25, 0.3) is 5.91 Å². The van der Waals surface area contributed by atoms with Crippen LogP contribution < -0.4 is 10.6 Å². The molecule has 5 rings (SSSR count). The van der Waals surface area contributed by atoms with Gasteiger partial charge in [0.2, 0.25) is 0 Å². The number of Topliss-reactive ketones (excluding diaryl/α,β-unsaturated/α-hetero) is 1. The molecule has 2 N–H and O–H groups in total. The third-order valence-electron chi connectivity index (χ3n) is 5.80. The monoisotopic (exact) mass is 431 g/mol. The number of dihydropyridines is 1. The van der Waals surface area contributed by atoms with E-state index < -0.39 is 5.92 Å². The van der Waals surface area contributed by atoms with Gasteiger partial charge >= 0.3 is 0 Å². The standard InChI is InChI=1S/C24H21N3O3S/c1-14-21(24(29)27-20-6-2-3-8-25-20)22(15-7-10-31-13-15)23-17(26-14)11-16(12-18(23)28)19-5-4-9-30-19/h2-10,13,16,22,26H,11-12H2,1H3,(H,25,27,29)/t16-,22+/m0/s1. The highest BCUT2D eigenvalue weighted by molar-refractivity contribution is 7.08. The first-order valence-corrected chi connectivity index (χ1v) is 11.1. The third-order valence-corrected chi connectivity index (χ3v) is 6.50. The minimum atomic E-state index is -0.406. The zero-order valence-corrected chi connectivity index (χ0v) is 17.7. The molecule has 0 aromatic carbocycles. The summed E-state index contributed by atoms with van der Waals surface area (Å²) in [6.07, 6.45) is 4.30. The van der Waals surface area contributed by atoms with Gasteiger partial charge in [0.15, 0.2) is 5.78 Å². The normalized spacial score (nSPS) is 21.0. The Kier molecular flexibility index (Phi) is 5.03. The fourth-order valence-corrected chi connectivity index (χ4v) is 5.14. The number of carbonyl (C=O) groups is 2. The average molecular weight is 432 g/mol. The van der Waals surface area contributed by atoms with Gasteiger partial charge < -0.3 is 15.1 Å². The molecule has 4 heterocycles. The minimum absolute atomic E-state index is 0.00595. The number of carbonyl (C=O) groups excluding carboxylic acids is 2. The van der Waals surface area contributed by atoms with E-state index >= 15 is 0 Å². The van der Waals surface area contributed by atoms with E-state index in [-0.39, 0.29) is 17.6 Å². The van der Waals surface area contributed by atoms with Crippen LogP contribution in [-0.4, -0.2) is 16.7 Å². The largest absolute Gasteiger partial charge is 0.469 e. The van der Waals surface area contributed by atoms with E-state index in [4.69, 9.17) is 4.42 Å². The maximum atomic E-state index is 13.4. The number of nitrogens with zero attached hydrogens (tertiary/aromatic N) is 1. The first kappa shape index (κ1) is 19.5. The van der Waals surface area contributed by atoms with Crippen LogP contribution in [0.3, 0.4) is 0 Å². The average Bonchev–Trinajstić information content (AvgIpc) is 3.47. The molecule has 0 radical (unpaired) electrons. The van der Waals surface area contributed by atoms with Gasteiger partial charge in [-0.25, -0.2) is 4.98 Å². The molecule has 7 heteroatoms. The predicted octanol–water partition coefficient (Wildman–Crippen LogP) is 4.74. The van der Waals surface area contributed by atoms with Crippen LogP contribution in [0.5, 0.6) is 0 Å². The molecule has 156 valence electrons. The maximum absolute atomic E-state index is 13.4. The van der Waals surface area contributed by atoms with E-state index in [1.54, 1.807) is 35.9 Å². The second kappa shape index (κ2) is 8.00. The number of allylic oxidation sites excluding steroid dienone is 3. The highest BCUT2D eigenvalue weighted by Crippen LogP contribution is 2.46. The smallest absolute Gasteiger partial charge is 0.255 e. The molecule has 0 spiro atoms. The molecule has 0 bridgehead atoms. The first-order valence-electron chi connectivity index (χ1n) is 10.1. The number of thiophene rings is 1. The fraction of sp³-hybridized carbons (Fsp3) is 0.208. The van der Waals surface area contributed by atoms with Crippen LogP contribution in [0.25, 0.3) is 0 Å². The van der Waals surface area contributed by atoms with E-state index in [1.807, 2.05) is 41.9 Å². The summed E-state index contributed by atoms with van der Waals surface area (Å²) >= 11 is 1.56. The number of aromatic nitrogens is 1. The Morgan fingerprint density at radius 1 is 1.23 bits per heavy atom. The van der Waals surface area contributed by atoms with E-state index in [9.17, 15) is 9.59 Å². The summed E-state index contributed by atoms with van der Waals surface area (Å²) in [6.45, 7) is 1.89. The van der Waals surface area contributed by atoms with Crippen molar-refractivity contribution in [1.29, 1.82) is 0 Å². The minimum Gasteiger partial charge on any atom is -0.469 e. The van der Waals surface area contributed by atoms with Crippen LogP contribution in [0.15, 0.2) is 86.6 Å². The van der Waals surface area contributed by atoms with Gasteiger partial charge in [-0.2, -0.15) is 11.3 Å². The summed E-state index contributed by atoms with van der Waals surface area (Å²) in [5.41, 5.74) is 3.80. The Bertz CT molecular complexity index is 1180. The van der Waals surface area contributed by atoms with Gasteiger partial charge in [0.1, 0.15) is 11.6 Å². The van der Waals surface area contributed by atoms with Crippen LogP contribution in [0, 0.1) is 0 Å². The molecule has 0 unspecified atom stereocenters. The van der Waals surface area contributed by atoms with E-state index in [1.165, 1.54) is 0 Å². The van der Waals surface area contributed by atoms with Crippen molar-refractivity contribution in [2.75, 3.05) is 5.32 Å². The van der Waals surface area contributed by atoms with Gasteiger partial charge in [0.05, 0.1) is 6.26 Å². The number of amides is 1. The van der Waals surface area contributed by atoms with Crippen molar-refractivity contribution in [3.05, 3.63) is 93.5 Å². The molecule has 3 aromatic rings. The van der Waals surface area contributed by atoms with Crippen molar-refractivity contribution in [2.45, 2.75) is 31.6 Å². The fourth-order valence-electron chi connectivity index (χ4n) is 4.46. The zero-order chi connectivity index (χ0) is 21.4. The molecule has 1 amide bonds. The Morgan fingerprint density at radius 3 is 2.84 bits per heavy atom. The number of nitrogens with one attached hydrogen (secondary N) is 2. The lowest BCUT2D eigenvalue weighted by atomic mass is 9.73. The number of hydrogen-bond acceptors (Lipinski definition) is 6. The molecular formula is C24H21N3O3S. The SMILES string of the molecule is CC1=C(C(=O)Nc2ccccn2)[C@@H](c2ccsc2)C2=C(C[C@H](c3ccco3)CC2=O)N1. The van der Waals surface area contributed by atoms with Crippen LogP contribution in [0.4, 0.5) is 5.82 Å². The highest BCUT2D eigenvalue weighted by Gasteiger charge is 2.41. The van der Waals surface area contributed by atoms with Crippen molar-refractivity contribution in [3.8, 4) is 0 Å². The van der Waals surface area contributed by atoms with Gasteiger partial charge in [-0.15, -0.1) is 0 Å². The molecule has 6 nitrogen and oxygen atoms in total. The molecule has 2 atom stereocenters. The van der Waals surface area contributed by atoms with Crippen LogP contribution in [-0.2, 0) is 9.59 Å².